The molecule has 0 unspecified atom stereocenters. The first-order valence-electron chi connectivity index (χ1n) is 10.9. The van der Waals surface area contributed by atoms with Crippen LogP contribution < -0.4 is 21.3 Å². The van der Waals surface area contributed by atoms with E-state index < -0.39 is 0 Å². The Morgan fingerprint density at radius 2 is 1.88 bits per heavy atom. The Labute approximate surface area is 190 Å². The highest BCUT2D eigenvalue weighted by Crippen LogP contribution is 2.29. The zero-order chi connectivity index (χ0) is 22.5. The molecular formula is C28H30N4. The Balaban J connectivity index is 1.40. The SMILES string of the molecule is C=CNc1ccc(NC(=C)c2cccc(CNc3ccc4c(c3)CCC(=C)N4)c2)cc1C. The van der Waals surface area contributed by atoms with Crippen molar-refractivity contribution in [2.24, 2.45) is 0 Å². The van der Waals surface area contributed by atoms with Gasteiger partial charge >= 0.3 is 0 Å². The number of nitrogens with one attached hydrogen (secondary N) is 4. The van der Waals surface area contributed by atoms with Gasteiger partial charge in [-0.1, -0.05) is 37.9 Å². The van der Waals surface area contributed by atoms with Gasteiger partial charge in [0, 0.05) is 40.7 Å². The number of hydrogen-bond acceptors (Lipinski definition) is 4. The van der Waals surface area contributed by atoms with Crippen LogP contribution in [0.1, 0.15) is 28.7 Å². The van der Waals surface area contributed by atoms with E-state index in [0.29, 0.717) is 0 Å². The van der Waals surface area contributed by atoms with Crippen molar-refractivity contribution >= 4 is 28.4 Å². The third-order valence-corrected chi connectivity index (χ3v) is 5.66. The number of allylic oxidation sites excluding steroid dienone is 1. The van der Waals surface area contributed by atoms with Crippen LogP contribution in [0.2, 0.25) is 0 Å². The van der Waals surface area contributed by atoms with Crippen LogP contribution in [0.15, 0.2) is 92.3 Å². The second-order valence-electron chi connectivity index (χ2n) is 8.14. The molecule has 3 aromatic carbocycles. The van der Waals surface area contributed by atoms with Crippen molar-refractivity contribution in [1.29, 1.82) is 0 Å². The van der Waals surface area contributed by atoms with E-state index in [-0.39, 0.29) is 0 Å². The number of hydrogen-bond donors (Lipinski definition) is 4. The minimum atomic E-state index is 0.751. The molecule has 0 amide bonds. The highest BCUT2D eigenvalue weighted by atomic mass is 14.9. The van der Waals surface area contributed by atoms with Gasteiger partial charge in [0.1, 0.15) is 0 Å². The van der Waals surface area contributed by atoms with Crippen molar-refractivity contribution in [2.45, 2.75) is 26.3 Å². The van der Waals surface area contributed by atoms with Gasteiger partial charge in [0.15, 0.2) is 0 Å². The molecule has 3 aromatic rings. The molecule has 0 spiro atoms. The molecule has 0 aromatic heterocycles. The molecule has 4 N–H and O–H groups in total. The average molecular weight is 423 g/mol. The molecule has 1 aliphatic heterocycles. The van der Waals surface area contributed by atoms with E-state index in [2.05, 4.69) is 96.5 Å². The van der Waals surface area contributed by atoms with E-state index >= 15 is 0 Å². The molecule has 0 bridgehead atoms. The summed E-state index contributed by atoms with van der Waals surface area (Å²) in [5.74, 6) is 0. The van der Waals surface area contributed by atoms with Crippen molar-refractivity contribution in [1.82, 2.24) is 0 Å². The van der Waals surface area contributed by atoms with Crippen molar-refractivity contribution in [2.75, 3.05) is 21.3 Å². The number of rotatable bonds is 8. The first-order chi connectivity index (χ1) is 15.5. The number of anilines is 4. The zero-order valence-corrected chi connectivity index (χ0v) is 18.6. The lowest BCUT2D eigenvalue weighted by Gasteiger charge is -2.21. The van der Waals surface area contributed by atoms with E-state index in [9.17, 15) is 0 Å². The maximum absolute atomic E-state index is 4.24. The second-order valence-corrected chi connectivity index (χ2v) is 8.14. The maximum Gasteiger partial charge on any atom is 0.0415 e. The Kier molecular flexibility index (Phi) is 6.31. The Morgan fingerprint density at radius 1 is 1.03 bits per heavy atom. The van der Waals surface area contributed by atoms with Crippen LogP contribution in [0.25, 0.3) is 5.70 Å². The number of benzene rings is 3. The first-order valence-corrected chi connectivity index (χ1v) is 10.9. The summed E-state index contributed by atoms with van der Waals surface area (Å²) in [7, 11) is 0. The normalized spacial score (nSPS) is 12.3. The van der Waals surface area contributed by atoms with Gasteiger partial charge in [-0.25, -0.2) is 0 Å². The number of aryl methyl sites for hydroxylation is 2. The standard InChI is InChI=1S/C28H30N4/c1-5-29-27-13-12-26(15-19(27)2)32-21(4)23-8-6-7-22(16-23)18-30-25-11-14-28-24(17-25)10-9-20(3)31-28/h5-8,11-17,29-32H,1,3-4,9-10,18H2,2H3. The molecule has 0 radical (unpaired) electrons. The molecule has 0 saturated carbocycles. The van der Waals surface area contributed by atoms with Crippen LogP contribution >= 0.6 is 0 Å². The molecule has 32 heavy (non-hydrogen) atoms. The zero-order valence-electron chi connectivity index (χ0n) is 18.6. The Hall–Kier alpha value is -3.92. The predicted octanol–water partition coefficient (Wildman–Crippen LogP) is 7.12. The summed E-state index contributed by atoms with van der Waals surface area (Å²) in [5.41, 5.74) is 11.1. The second kappa shape index (κ2) is 9.48. The highest BCUT2D eigenvalue weighted by molar-refractivity contribution is 5.77. The van der Waals surface area contributed by atoms with E-state index in [1.54, 1.807) is 6.20 Å². The van der Waals surface area contributed by atoms with Gasteiger partial charge < -0.3 is 21.3 Å². The average Bonchev–Trinajstić information content (AvgIpc) is 2.79. The fourth-order valence-electron chi connectivity index (χ4n) is 3.90. The van der Waals surface area contributed by atoms with Crippen molar-refractivity contribution in [3.05, 3.63) is 115 Å². The van der Waals surface area contributed by atoms with Gasteiger partial charge in [0.25, 0.3) is 0 Å². The summed E-state index contributed by atoms with van der Waals surface area (Å²) >= 11 is 0. The minimum absolute atomic E-state index is 0.751. The molecule has 0 atom stereocenters. The van der Waals surface area contributed by atoms with E-state index in [1.165, 1.54) is 16.8 Å². The van der Waals surface area contributed by atoms with Crippen LogP contribution in [0.4, 0.5) is 22.7 Å². The van der Waals surface area contributed by atoms with Crippen LogP contribution in [0.5, 0.6) is 0 Å². The Morgan fingerprint density at radius 3 is 2.69 bits per heavy atom. The molecule has 1 aliphatic rings. The molecule has 0 fully saturated rings. The van der Waals surface area contributed by atoms with Gasteiger partial charge in [-0.15, -0.1) is 0 Å². The lowest BCUT2D eigenvalue weighted by molar-refractivity contribution is 0.918. The van der Waals surface area contributed by atoms with Crippen molar-refractivity contribution in [3.63, 3.8) is 0 Å². The smallest absolute Gasteiger partial charge is 0.0415 e. The van der Waals surface area contributed by atoms with Crippen LogP contribution in [-0.2, 0) is 13.0 Å². The summed E-state index contributed by atoms with van der Waals surface area (Å²) in [6, 6.07) is 21.1. The maximum atomic E-state index is 4.24. The highest BCUT2D eigenvalue weighted by Gasteiger charge is 2.11. The fraction of sp³-hybridized carbons (Fsp3) is 0.143. The van der Waals surface area contributed by atoms with Gasteiger partial charge in [-0.3, -0.25) is 0 Å². The molecule has 162 valence electrons. The predicted molar refractivity (Wildman–Crippen MR) is 139 cm³/mol. The minimum Gasteiger partial charge on any atom is -0.381 e. The summed E-state index contributed by atoms with van der Waals surface area (Å²) in [6.07, 6.45) is 3.70. The molecule has 0 aliphatic carbocycles. The van der Waals surface area contributed by atoms with E-state index in [1.807, 2.05) is 12.1 Å². The summed E-state index contributed by atoms with van der Waals surface area (Å²) in [6.45, 7) is 14.8. The van der Waals surface area contributed by atoms with Gasteiger partial charge in [-0.05, 0) is 90.7 Å². The van der Waals surface area contributed by atoms with Crippen molar-refractivity contribution in [3.8, 4) is 0 Å². The van der Waals surface area contributed by atoms with Gasteiger partial charge in [0.05, 0.1) is 0 Å². The lowest BCUT2D eigenvalue weighted by Crippen LogP contribution is -2.09. The van der Waals surface area contributed by atoms with Crippen LogP contribution in [0, 0.1) is 6.92 Å². The third kappa shape index (κ3) is 5.03. The quantitative estimate of drug-likeness (QED) is 0.312. The van der Waals surface area contributed by atoms with Crippen LogP contribution in [-0.4, -0.2) is 0 Å². The monoisotopic (exact) mass is 422 g/mol. The Bertz CT molecular complexity index is 1180. The summed E-state index contributed by atoms with van der Waals surface area (Å²) in [4.78, 5) is 0. The molecule has 4 rings (SSSR count). The van der Waals surface area contributed by atoms with Crippen LogP contribution in [0.3, 0.4) is 0 Å². The fourth-order valence-corrected chi connectivity index (χ4v) is 3.90. The molecule has 4 nitrogen and oxygen atoms in total. The largest absolute Gasteiger partial charge is 0.381 e. The molecule has 0 saturated heterocycles. The van der Waals surface area contributed by atoms with Crippen molar-refractivity contribution < 1.29 is 0 Å². The molecule has 4 heteroatoms. The van der Waals surface area contributed by atoms with Gasteiger partial charge in [-0.2, -0.15) is 0 Å². The van der Waals surface area contributed by atoms with Gasteiger partial charge in [0.2, 0.25) is 0 Å². The summed E-state index contributed by atoms with van der Waals surface area (Å²) in [5, 5.41) is 13.5. The lowest BCUT2D eigenvalue weighted by atomic mass is 10.0. The van der Waals surface area contributed by atoms with E-state index in [0.717, 1.165) is 59.0 Å². The third-order valence-electron chi connectivity index (χ3n) is 5.66. The van der Waals surface area contributed by atoms with E-state index in [4.69, 9.17) is 0 Å². The molecular weight excluding hydrogens is 392 g/mol. The molecule has 1 heterocycles. The summed E-state index contributed by atoms with van der Waals surface area (Å²) < 4.78 is 0. The number of fused-ring (bicyclic) bond motifs is 1. The topological polar surface area (TPSA) is 48.1 Å². The first kappa shape index (κ1) is 21.3.